The Bertz CT molecular complexity index is 1140. The maximum absolute atomic E-state index is 14.2. The number of nitrogens with one attached hydrogen (secondary N) is 1. The molecule has 0 aliphatic carbocycles. The number of nitrogens with zero attached hydrogens (tertiary/aromatic N) is 1. The third-order valence-electron chi connectivity index (χ3n) is 4.44. The van der Waals surface area contributed by atoms with Crippen molar-refractivity contribution < 1.29 is 40.3 Å². The van der Waals surface area contributed by atoms with Crippen LogP contribution in [0, 0.1) is 23.3 Å². The van der Waals surface area contributed by atoms with Gasteiger partial charge in [0.25, 0.3) is 5.91 Å². The topological polar surface area (TPSA) is 92.8 Å². The molecule has 0 aliphatic rings. The highest BCUT2D eigenvalue weighted by atomic mass is 32.2. The average molecular weight is 476 g/mol. The van der Waals surface area contributed by atoms with Crippen LogP contribution in [0.1, 0.15) is 31.1 Å². The number of hydrogen-bond donors (Lipinski definition) is 1. The van der Waals surface area contributed by atoms with Crippen molar-refractivity contribution in [2.24, 2.45) is 0 Å². The molecule has 0 aromatic heterocycles. The number of ether oxygens (including phenoxy) is 1. The van der Waals surface area contributed by atoms with E-state index >= 15 is 0 Å². The van der Waals surface area contributed by atoms with Crippen molar-refractivity contribution in [3.05, 3.63) is 59.2 Å². The predicted octanol–water partition coefficient (Wildman–Crippen LogP) is 3.46. The van der Waals surface area contributed by atoms with E-state index in [0.717, 1.165) is 35.5 Å². The van der Waals surface area contributed by atoms with Crippen LogP contribution >= 0.6 is 0 Å². The fourth-order valence-electron chi connectivity index (χ4n) is 2.67. The fraction of sp³-hybridized carbons (Fsp3) is 0.300. The maximum Gasteiger partial charge on any atom is 0.338 e. The number of carbonyl (C=O) groups is 2. The van der Waals surface area contributed by atoms with Crippen molar-refractivity contribution in [1.82, 2.24) is 4.31 Å². The van der Waals surface area contributed by atoms with Gasteiger partial charge in [-0.1, -0.05) is 13.8 Å². The summed E-state index contributed by atoms with van der Waals surface area (Å²) in [5.74, 6) is -8.18. The van der Waals surface area contributed by atoms with Crippen LogP contribution in [-0.4, -0.2) is 43.8 Å². The van der Waals surface area contributed by atoms with Crippen LogP contribution < -0.4 is 5.32 Å². The van der Waals surface area contributed by atoms with Crippen molar-refractivity contribution in [1.29, 1.82) is 0 Å². The Morgan fingerprint density at radius 3 is 2.19 bits per heavy atom. The molecule has 1 atom stereocenters. The molecule has 174 valence electrons. The number of anilines is 1. The molecule has 0 saturated heterocycles. The molecule has 0 aliphatic heterocycles. The van der Waals surface area contributed by atoms with Gasteiger partial charge in [0.2, 0.25) is 10.0 Å². The number of rotatable bonds is 8. The van der Waals surface area contributed by atoms with E-state index in [2.05, 4.69) is 0 Å². The van der Waals surface area contributed by atoms with Crippen LogP contribution in [0.4, 0.5) is 23.2 Å². The van der Waals surface area contributed by atoms with E-state index in [1.165, 1.54) is 0 Å². The smallest absolute Gasteiger partial charge is 0.338 e. The summed E-state index contributed by atoms with van der Waals surface area (Å²) >= 11 is 0. The molecule has 1 unspecified atom stereocenters. The highest BCUT2D eigenvalue weighted by molar-refractivity contribution is 7.89. The van der Waals surface area contributed by atoms with E-state index in [-0.39, 0.29) is 18.7 Å². The van der Waals surface area contributed by atoms with Crippen LogP contribution in [0.15, 0.2) is 35.2 Å². The van der Waals surface area contributed by atoms with Crippen molar-refractivity contribution in [2.45, 2.75) is 31.8 Å². The summed E-state index contributed by atoms with van der Waals surface area (Å²) in [4.78, 5) is 23.8. The minimum absolute atomic E-state index is 0.0741. The summed E-state index contributed by atoms with van der Waals surface area (Å²) < 4.78 is 85.2. The first kappa shape index (κ1) is 25.3. The van der Waals surface area contributed by atoms with Crippen molar-refractivity contribution in [2.75, 3.05) is 18.4 Å². The van der Waals surface area contributed by atoms with Crippen LogP contribution in [0.5, 0.6) is 0 Å². The summed E-state index contributed by atoms with van der Waals surface area (Å²) in [5, 5.41) is 1.95. The molecule has 2 aromatic carbocycles. The van der Waals surface area contributed by atoms with Gasteiger partial charge in [-0.15, -0.1) is 0 Å². The van der Waals surface area contributed by atoms with Gasteiger partial charge < -0.3 is 10.1 Å². The third-order valence-corrected chi connectivity index (χ3v) is 6.50. The van der Waals surface area contributed by atoms with Crippen LogP contribution in [0.3, 0.4) is 0 Å². The predicted molar refractivity (Wildman–Crippen MR) is 106 cm³/mol. The van der Waals surface area contributed by atoms with E-state index in [1.807, 2.05) is 5.32 Å². The normalized spacial score (nSPS) is 12.5. The van der Waals surface area contributed by atoms with Gasteiger partial charge >= 0.3 is 5.97 Å². The van der Waals surface area contributed by atoms with Gasteiger partial charge in [0.1, 0.15) is 10.7 Å². The first-order chi connectivity index (χ1) is 14.9. The lowest BCUT2D eigenvalue weighted by Gasteiger charge is -2.19. The summed E-state index contributed by atoms with van der Waals surface area (Å²) in [6.45, 7) is 4.39. The minimum Gasteiger partial charge on any atom is -0.449 e. The van der Waals surface area contributed by atoms with Gasteiger partial charge in [-0.25, -0.2) is 30.8 Å². The van der Waals surface area contributed by atoms with Gasteiger partial charge in [0, 0.05) is 13.1 Å². The molecule has 0 bridgehead atoms. The molecule has 2 aromatic rings. The SMILES string of the molecule is CCN(CC)S(=O)(=O)c1cc(C(=O)OC(C)C(=O)Nc2ccc(F)c(F)c2F)ccc1F. The summed E-state index contributed by atoms with van der Waals surface area (Å²) in [7, 11) is -4.22. The van der Waals surface area contributed by atoms with Crippen molar-refractivity contribution >= 4 is 27.6 Å². The minimum atomic E-state index is -4.22. The number of halogens is 4. The number of esters is 1. The Balaban J connectivity index is 2.20. The quantitative estimate of drug-likeness (QED) is 0.358. The Morgan fingerprint density at radius 1 is 1.00 bits per heavy atom. The van der Waals surface area contributed by atoms with Crippen molar-refractivity contribution in [3.63, 3.8) is 0 Å². The summed E-state index contributed by atoms with van der Waals surface area (Å²) in [6.07, 6.45) is -1.54. The molecule has 0 fully saturated rings. The zero-order valence-corrected chi connectivity index (χ0v) is 18.1. The fourth-order valence-corrected chi connectivity index (χ4v) is 4.22. The average Bonchev–Trinajstić information content (AvgIpc) is 2.74. The lowest BCUT2D eigenvalue weighted by Crippen LogP contribution is -2.32. The lowest BCUT2D eigenvalue weighted by atomic mass is 10.2. The molecule has 7 nitrogen and oxygen atoms in total. The van der Waals surface area contributed by atoms with Crippen molar-refractivity contribution in [3.8, 4) is 0 Å². The number of benzene rings is 2. The van der Waals surface area contributed by atoms with Gasteiger partial charge in [0.05, 0.1) is 11.3 Å². The maximum atomic E-state index is 14.2. The second kappa shape index (κ2) is 10.1. The van der Waals surface area contributed by atoms with E-state index in [0.29, 0.717) is 6.07 Å². The zero-order chi connectivity index (χ0) is 24.2. The molecular formula is C20H20F4N2O5S. The first-order valence-corrected chi connectivity index (χ1v) is 10.8. The molecule has 1 amide bonds. The van der Waals surface area contributed by atoms with Crippen LogP contribution in [0.2, 0.25) is 0 Å². The second-order valence-electron chi connectivity index (χ2n) is 6.49. The standard InChI is InChI=1S/C20H20F4N2O5S/c1-4-26(5-2)32(29,30)16-10-12(6-7-13(16)21)20(28)31-11(3)19(27)25-15-9-8-14(22)17(23)18(15)24/h6-11H,4-5H2,1-3H3,(H,25,27). The molecule has 32 heavy (non-hydrogen) atoms. The van der Waals surface area contributed by atoms with E-state index < -0.39 is 61.9 Å². The molecule has 0 radical (unpaired) electrons. The van der Waals surface area contributed by atoms with E-state index in [9.17, 15) is 35.6 Å². The molecule has 0 heterocycles. The molecule has 2 rings (SSSR count). The van der Waals surface area contributed by atoms with Gasteiger partial charge in [-0.3, -0.25) is 4.79 Å². The Morgan fingerprint density at radius 2 is 1.59 bits per heavy atom. The first-order valence-electron chi connectivity index (χ1n) is 9.39. The zero-order valence-electron chi connectivity index (χ0n) is 17.3. The number of amides is 1. The van der Waals surface area contributed by atoms with E-state index in [1.54, 1.807) is 13.8 Å². The molecule has 1 N–H and O–H groups in total. The van der Waals surface area contributed by atoms with Gasteiger partial charge in [-0.05, 0) is 37.3 Å². The monoisotopic (exact) mass is 476 g/mol. The molecular weight excluding hydrogens is 456 g/mol. The molecule has 12 heteroatoms. The Labute approximate surface area is 182 Å². The van der Waals surface area contributed by atoms with Gasteiger partial charge in [-0.2, -0.15) is 4.31 Å². The largest absolute Gasteiger partial charge is 0.449 e. The molecule has 0 saturated carbocycles. The van der Waals surface area contributed by atoms with Crippen LogP contribution in [-0.2, 0) is 19.6 Å². The third kappa shape index (κ3) is 5.25. The van der Waals surface area contributed by atoms with Crippen LogP contribution in [0.25, 0.3) is 0 Å². The van der Waals surface area contributed by atoms with Gasteiger partial charge in [0.15, 0.2) is 23.6 Å². The Hall–Kier alpha value is -2.99. The molecule has 0 spiro atoms. The number of carbonyl (C=O) groups excluding carboxylic acids is 2. The number of sulfonamides is 1. The Kier molecular flexibility index (Phi) is 7.97. The second-order valence-corrected chi connectivity index (χ2v) is 8.40. The number of hydrogen-bond acceptors (Lipinski definition) is 5. The van der Waals surface area contributed by atoms with E-state index in [4.69, 9.17) is 4.74 Å². The highest BCUT2D eigenvalue weighted by Crippen LogP contribution is 2.22. The summed E-state index contributed by atoms with van der Waals surface area (Å²) in [5.41, 5.74) is -1.03. The highest BCUT2D eigenvalue weighted by Gasteiger charge is 2.28. The lowest BCUT2D eigenvalue weighted by molar-refractivity contribution is -0.123. The summed E-state index contributed by atoms with van der Waals surface area (Å²) in [6, 6.07) is 3.91.